The van der Waals surface area contributed by atoms with Crippen LogP contribution < -0.4 is 5.32 Å². The molecule has 0 aliphatic rings. The summed E-state index contributed by atoms with van der Waals surface area (Å²) in [5.41, 5.74) is 0.948. The van der Waals surface area contributed by atoms with Crippen molar-refractivity contribution < 1.29 is 18.0 Å². The summed E-state index contributed by atoms with van der Waals surface area (Å²) >= 11 is 1.25. The Hall–Kier alpha value is -2.54. The second-order valence-electron chi connectivity index (χ2n) is 4.93. The van der Waals surface area contributed by atoms with Gasteiger partial charge < -0.3 is 4.42 Å². The molecule has 23 heavy (non-hydrogen) atoms. The van der Waals surface area contributed by atoms with E-state index in [2.05, 4.69) is 10.3 Å². The van der Waals surface area contributed by atoms with Gasteiger partial charge in [0.2, 0.25) is 0 Å². The molecule has 4 nitrogen and oxygen atoms in total. The van der Waals surface area contributed by atoms with Crippen molar-refractivity contribution in [2.24, 2.45) is 0 Å². The standard InChI is InChI=1S/C16H12F2N2O2S/c1-9-14(2-3-22-9)15(21)20-16-19-8-13(23-16)6-10-4-11(17)7-12(18)5-10/h2-5,7-8H,6H2,1H3,(H,19,20,21). The molecule has 2 aromatic heterocycles. The minimum Gasteiger partial charge on any atom is -0.469 e. The number of carbonyl (C=O) groups excluding carboxylic acids is 1. The van der Waals surface area contributed by atoms with Crippen molar-refractivity contribution in [1.82, 2.24) is 4.98 Å². The van der Waals surface area contributed by atoms with Gasteiger partial charge in [0.25, 0.3) is 5.91 Å². The molecule has 1 aromatic carbocycles. The molecule has 0 atom stereocenters. The number of hydrogen-bond acceptors (Lipinski definition) is 4. The highest BCUT2D eigenvalue weighted by Gasteiger charge is 2.13. The molecule has 7 heteroatoms. The molecule has 0 fully saturated rings. The molecule has 3 aromatic rings. The van der Waals surface area contributed by atoms with Crippen LogP contribution >= 0.6 is 11.3 Å². The van der Waals surface area contributed by atoms with Crippen LogP contribution in [-0.2, 0) is 6.42 Å². The molecule has 0 aliphatic carbocycles. The Labute approximate surface area is 134 Å². The Morgan fingerprint density at radius 3 is 2.70 bits per heavy atom. The van der Waals surface area contributed by atoms with Gasteiger partial charge in [-0.1, -0.05) is 0 Å². The van der Waals surface area contributed by atoms with Crippen LogP contribution in [0, 0.1) is 18.6 Å². The van der Waals surface area contributed by atoms with E-state index in [0.29, 0.717) is 28.4 Å². The van der Waals surface area contributed by atoms with Crippen molar-refractivity contribution in [3.63, 3.8) is 0 Å². The number of nitrogens with zero attached hydrogens (tertiary/aromatic N) is 1. The van der Waals surface area contributed by atoms with Gasteiger partial charge in [0.05, 0.1) is 11.8 Å². The molecular formula is C16H12F2N2O2S. The second-order valence-corrected chi connectivity index (χ2v) is 6.05. The number of furan rings is 1. The Kier molecular flexibility index (Phi) is 4.20. The molecule has 2 heterocycles. The first-order valence-corrected chi connectivity index (χ1v) is 7.58. The Morgan fingerprint density at radius 2 is 2.04 bits per heavy atom. The largest absolute Gasteiger partial charge is 0.469 e. The number of hydrogen-bond donors (Lipinski definition) is 1. The van der Waals surface area contributed by atoms with Gasteiger partial charge in [0.1, 0.15) is 17.4 Å². The fraction of sp³-hybridized carbons (Fsp3) is 0.125. The van der Waals surface area contributed by atoms with E-state index in [4.69, 9.17) is 4.42 Å². The van der Waals surface area contributed by atoms with Crippen LogP contribution in [0.2, 0.25) is 0 Å². The summed E-state index contributed by atoms with van der Waals surface area (Å²) in [6.07, 6.45) is 3.36. The Morgan fingerprint density at radius 1 is 1.30 bits per heavy atom. The summed E-state index contributed by atoms with van der Waals surface area (Å²) in [6.45, 7) is 1.70. The zero-order valence-corrected chi connectivity index (χ0v) is 12.9. The molecule has 1 N–H and O–H groups in total. The van der Waals surface area contributed by atoms with Crippen molar-refractivity contribution in [2.75, 3.05) is 5.32 Å². The number of carbonyl (C=O) groups is 1. The number of aryl methyl sites for hydroxylation is 1. The zero-order chi connectivity index (χ0) is 16.4. The number of nitrogens with one attached hydrogen (secondary N) is 1. The van der Waals surface area contributed by atoms with Gasteiger partial charge in [-0.15, -0.1) is 11.3 Å². The highest BCUT2D eigenvalue weighted by molar-refractivity contribution is 7.15. The normalized spacial score (nSPS) is 10.7. The first kappa shape index (κ1) is 15.4. The third-order valence-electron chi connectivity index (χ3n) is 3.18. The summed E-state index contributed by atoms with van der Waals surface area (Å²) in [5, 5.41) is 3.09. The maximum Gasteiger partial charge on any atom is 0.260 e. The van der Waals surface area contributed by atoms with Crippen molar-refractivity contribution >= 4 is 22.4 Å². The Balaban J connectivity index is 1.71. The number of halogens is 2. The lowest BCUT2D eigenvalue weighted by Crippen LogP contribution is -2.11. The maximum absolute atomic E-state index is 13.2. The SMILES string of the molecule is Cc1occc1C(=O)Nc1ncc(Cc2cc(F)cc(F)c2)s1. The van der Waals surface area contributed by atoms with E-state index < -0.39 is 11.6 Å². The lowest BCUT2D eigenvalue weighted by atomic mass is 10.1. The van der Waals surface area contributed by atoms with Crippen molar-refractivity contribution in [3.05, 3.63) is 70.1 Å². The van der Waals surface area contributed by atoms with Crippen LogP contribution in [0.25, 0.3) is 0 Å². The van der Waals surface area contributed by atoms with Crippen LogP contribution in [0.3, 0.4) is 0 Å². The number of thiazole rings is 1. The molecule has 0 saturated carbocycles. The number of anilines is 1. The van der Waals surface area contributed by atoms with Gasteiger partial charge in [-0.25, -0.2) is 13.8 Å². The molecule has 1 amide bonds. The lowest BCUT2D eigenvalue weighted by molar-refractivity contribution is 0.102. The average Bonchev–Trinajstić information content (AvgIpc) is 3.07. The van der Waals surface area contributed by atoms with E-state index in [9.17, 15) is 13.6 Å². The predicted molar refractivity (Wildman–Crippen MR) is 82.7 cm³/mol. The van der Waals surface area contributed by atoms with Crippen molar-refractivity contribution in [1.29, 1.82) is 0 Å². The van der Waals surface area contributed by atoms with Crippen molar-refractivity contribution in [3.8, 4) is 0 Å². The first-order chi connectivity index (χ1) is 11.0. The number of rotatable bonds is 4. The van der Waals surface area contributed by atoms with Gasteiger partial charge in [-0.05, 0) is 30.7 Å². The van der Waals surface area contributed by atoms with Crippen LogP contribution in [0.15, 0.2) is 41.1 Å². The summed E-state index contributed by atoms with van der Waals surface area (Å²) in [6, 6.07) is 4.95. The minimum atomic E-state index is -0.617. The smallest absolute Gasteiger partial charge is 0.260 e. The van der Waals surface area contributed by atoms with Crippen LogP contribution in [0.1, 0.15) is 26.6 Å². The van der Waals surface area contributed by atoms with E-state index in [1.807, 2.05) is 0 Å². The fourth-order valence-electron chi connectivity index (χ4n) is 2.15. The first-order valence-electron chi connectivity index (χ1n) is 6.76. The summed E-state index contributed by atoms with van der Waals surface area (Å²) in [5.74, 6) is -1.02. The topological polar surface area (TPSA) is 55.1 Å². The van der Waals surface area contributed by atoms with E-state index in [1.165, 1.54) is 29.7 Å². The third-order valence-corrected chi connectivity index (χ3v) is 4.09. The number of amides is 1. The zero-order valence-electron chi connectivity index (χ0n) is 12.1. The lowest BCUT2D eigenvalue weighted by Gasteiger charge is -2.00. The van der Waals surface area contributed by atoms with Crippen LogP contribution in [-0.4, -0.2) is 10.9 Å². The molecule has 3 rings (SSSR count). The van der Waals surface area contributed by atoms with Crippen LogP contribution in [0.5, 0.6) is 0 Å². The molecule has 0 saturated heterocycles. The van der Waals surface area contributed by atoms with Gasteiger partial charge in [-0.2, -0.15) is 0 Å². The number of aromatic nitrogens is 1. The quantitative estimate of drug-likeness (QED) is 0.779. The number of benzene rings is 1. The van der Waals surface area contributed by atoms with E-state index >= 15 is 0 Å². The average molecular weight is 334 g/mol. The van der Waals surface area contributed by atoms with Crippen molar-refractivity contribution in [2.45, 2.75) is 13.3 Å². The molecule has 0 aliphatic heterocycles. The molecular weight excluding hydrogens is 322 g/mol. The Bertz CT molecular complexity index is 837. The van der Waals surface area contributed by atoms with Gasteiger partial charge >= 0.3 is 0 Å². The summed E-state index contributed by atoms with van der Waals surface area (Å²) in [4.78, 5) is 16.9. The fourth-order valence-corrected chi connectivity index (χ4v) is 2.99. The van der Waals surface area contributed by atoms with Gasteiger partial charge in [0.15, 0.2) is 5.13 Å². The molecule has 0 unspecified atom stereocenters. The maximum atomic E-state index is 13.2. The monoisotopic (exact) mass is 334 g/mol. The molecule has 0 radical (unpaired) electrons. The molecule has 118 valence electrons. The second kappa shape index (κ2) is 6.29. The van der Waals surface area contributed by atoms with E-state index in [0.717, 1.165) is 10.9 Å². The minimum absolute atomic E-state index is 0.311. The van der Waals surface area contributed by atoms with E-state index in [1.54, 1.807) is 19.2 Å². The third kappa shape index (κ3) is 3.62. The molecule has 0 spiro atoms. The van der Waals surface area contributed by atoms with E-state index in [-0.39, 0.29) is 5.91 Å². The highest BCUT2D eigenvalue weighted by Crippen LogP contribution is 2.23. The predicted octanol–water partition coefficient (Wildman–Crippen LogP) is 4.17. The van der Waals surface area contributed by atoms with Crippen LogP contribution in [0.4, 0.5) is 13.9 Å². The summed E-state index contributed by atoms with van der Waals surface area (Å²) in [7, 11) is 0. The molecule has 0 bridgehead atoms. The van der Waals surface area contributed by atoms with Gasteiger partial charge in [-0.3, -0.25) is 10.1 Å². The summed E-state index contributed by atoms with van der Waals surface area (Å²) < 4.78 is 31.5. The van der Waals surface area contributed by atoms with Gasteiger partial charge in [0, 0.05) is 23.6 Å². The highest BCUT2D eigenvalue weighted by atomic mass is 32.1.